The van der Waals surface area contributed by atoms with Crippen molar-refractivity contribution >= 4 is 17.8 Å². The fraction of sp³-hybridized carbons (Fsp3) is 0.333. The van der Waals surface area contributed by atoms with Crippen molar-refractivity contribution in [1.29, 1.82) is 0 Å². The van der Waals surface area contributed by atoms with E-state index < -0.39 is 11.9 Å². The van der Waals surface area contributed by atoms with Crippen molar-refractivity contribution in [3.05, 3.63) is 96.3 Å². The second kappa shape index (κ2) is 18.9. The Kier molecular flexibility index (Phi) is 15.0. The van der Waals surface area contributed by atoms with Gasteiger partial charge in [-0.2, -0.15) is 0 Å². The standard InChI is InChI=1S/C21H26N2O3.C9H11NO3/c24-20(16-22-14-13-18-9-5-2-6-10-18)23-19(15-21(25)26)12-11-17-7-3-1-4-8-17;11-9(12)2-1-7-13-8-3-5-10-6-4-8/h1-10,19,22H,11-16H2,(H,23,24)(H,25,26);3-6H,1-2,7H2,(H,11,12)/t19-;/m1./s1. The Bertz CT molecular complexity index is 1100. The number of benzene rings is 2. The van der Waals surface area contributed by atoms with E-state index in [9.17, 15) is 14.4 Å². The molecule has 1 aromatic heterocycles. The number of aliphatic carboxylic acids is 2. The van der Waals surface area contributed by atoms with E-state index in [-0.39, 0.29) is 31.3 Å². The number of pyridine rings is 1. The van der Waals surface area contributed by atoms with Gasteiger partial charge in [-0.1, -0.05) is 60.7 Å². The topological polar surface area (TPSA) is 138 Å². The van der Waals surface area contributed by atoms with Crippen molar-refractivity contribution < 1.29 is 29.3 Å². The lowest BCUT2D eigenvalue weighted by atomic mass is 10.0. The van der Waals surface area contributed by atoms with E-state index in [0.29, 0.717) is 26.0 Å². The second-order valence-electron chi connectivity index (χ2n) is 8.83. The molecule has 3 aromatic rings. The Balaban J connectivity index is 0.000000344. The molecule has 0 unspecified atom stereocenters. The first-order valence-electron chi connectivity index (χ1n) is 13.0. The largest absolute Gasteiger partial charge is 0.493 e. The van der Waals surface area contributed by atoms with Crippen LogP contribution in [0.25, 0.3) is 0 Å². The normalized spacial score (nSPS) is 11.0. The first-order chi connectivity index (χ1) is 18.9. The summed E-state index contributed by atoms with van der Waals surface area (Å²) in [5.41, 5.74) is 2.35. The number of aryl methyl sites for hydroxylation is 1. The number of carboxylic acid groups (broad SMARTS) is 2. The van der Waals surface area contributed by atoms with E-state index in [1.807, 2.05) is 60.7 Å². The molecule has 0 fully saturated rings. The Hall–Kier alpha value is -4.24. The third kappa shape index (κ3) is 15.6. The lowest BCUT2D eigenvalue weighted by Crippen LogP contribution is -2.42. The molecule has 0 spiro atoms. The van der Waals surface area contributed by atoms with Gasteiger partial charge in [0.1, 0.15) is 5.75 Å². The molecule has 0 aliphatic rings. The molecular formula is C30H37N3O6. The van der Waals surface area contributed by atoms with E-state index in [1.165, 1.54) is 5.56 Å². The Morgan fingerprint density at radius 1 is 0.821 bits per heavy atom. The molecule has 0 aliphatic carbocycles. The number of hydrogen-bond donors (Lipinski definition) is 4. The number of hydrogen-bond acceptors (Lipinski definition) is 6. The lowest BCUT2D eigenvalue weighted by molar-refractivity contribution is -0.138. The number of carbonyl (C=O) groups is 3. The highest BCUT2D eigenvalue weighted by Crippen LogP contribution is 2.08. The first-order valence-corrected chi connectivity index (χ1v) is 13.0. The van der Waals surface area contributed by atoms with Gasteiger partial charge in [0.2, 0.25) is 5.91 Å². The van der Waals surface area contributed by atoms with Crippen molar-refractivity contribution in [3.63, 3.8) is 0 Å². The van der Waals surface area contributed by atoms with Crippen LogP contribution in [0.2, 0.25) is 0 Å². The van der Waals surface area contributed by atoms with Crippen LogP contribution in [0.15, 0.2) is 85.2 Å². The highest BCUT2D eigenvalue weighted by molar-refractivity contribution is 5.79. The van der Waals surface area contributed by atoms with Gasteiger partial charge >= 0.3 is 11.9 Å². The molecule has 2 aromatic carbocycles. The fourth-order valence-corrected chi connectivity index (χ4v) is 3.63. The van der Waals surface area contributed by atoms with Crippen molar-refractivity contribution in [3.8, 4) is 5.75 Å². The number of rotatable bonds is 16. The molecule has 0 radical (unpaired) electrons. The monoisotopic (exact) mass is 535 g/mol. The van der Waals surface area contributed by atoms with Gasteiger partial charge in [0.05, 0.1) is 19.6 Å². The predicted molar refractivity (Wildman–Crippen MR) is 149 cm³/mol. The quantitative estimate of drug-likeness (QED) is 0.204. The molecule has 0 bridgehead atoms. The molecule has 1 heterocycles. The minimum Gasteiger partial charge on any atom is -0.493 e. The number of nitrogens with one attached hydrogen (secondary N) is 2. The fourth-order valence-electron chi connectivity index (χ4n) is 3.63. The Morgan fingerprint density at radius 2 is 1.44 bits per heavy atom. The minimum atomic E-state index is -0.902. The number of aromatic nitrogens is 1. The van der Waals surface area contributed by atoms with Crippen LogP contribution in [0.1, 0.15) is 36.8 Å². The summed E-state index contributed by atoms with van der Waals surface area (Å²) in [6.45, 7) is 1.32. The number of ether oxygens (including phenoxy) is 1. The zero-order valence-corrected chi connectivity index (χ0v) is 22.0. The molecule has 1 amide bonds. The maximum atomic E-state index is 12.1. The molecule has 208 valence electrons. The zero-order chi connectivity index (χ0) is 28.1. The van der Waals surface area contributed by atoms with Crippen LogP contribution in [0, 0.1) is 0 Å². The SMILES string of the molecule is O=C(O)CCCOc1ccncc1.O=C(O)C[C@@H](CCc1ccccc1)NC(=O)CNCCc1ccccc1. The first kappa shape index (κ1) is 31.0. The van der Waals surface area contributed by atoms with Crippen LogP contribution in [-0.2, 0) is 27.2 Å². The van der Waals surface area contributed by atoms with Gasteiger partial charge in [-0.3, -0.25) is 19.4 Å². The van der Waals surface area contributed by atoms with E-state index in [1.54, 1.807) is 24.5 Å². The Labute approximate surface area is 229 Å². The van der Waals surface area contributed by atoms with Gasteiger partial charge in [-0.25, -0.2) is 0 Å². The summed E-state index contributed by atoms with van der Waals surface area (Å²) >= 11 is 0. The van der Waals surface area contributed by atoms with Crippen LogP contribution >= 0.6 is 0 Å². The molecule has 39 heavy (non-hydrogen) atoms. The average Bonchev–Trinajstić information content (AvgIpc) is 2.94. The number of nitrogens with zero attached hydrogens (tertiary/aromatic N) is 1. The van der Waals surface area contributed by atoms with Crippen LogP contribution in [0.4, 0.5) is 0 Å². The molecule has 0 saturated heterocycles. The molecule has 0 aliphatic heterocycles. The van der Waals surface area contributed by atoms with Gasteiger partial charge in [0, 0.05) is 24.9 Å². The third-order valence-electron chi connectivity index (χ3n) is 5.58. The van der Waals surface area contributed by atoms with E-state index in [4.69, 9.17) is 14.9 Å². The van der Waals surface area contributed by atoms with Crippen LogP contribution in [0.5, 0.6) is 5.75 Å². The van der Waals surface area contributed by atoms with Gasteiger partial charge in [0.25, 0.3) is 0 Å². The number of amides is 1. The molecule has 9 nitrogen and oxygen atoms in total. The third-order valence-corrected chi connectivity index (χ3v) is 5.58. The summed E-state index contributed by atoms with van der Waals surface area (Å²) in [7, 11) is 0. The van der Waals surface area contributed by atoms with Crippen molar-refractivity contribution in [2.45, 2.75) is 44.6 Å². The smallest absolute Gasteiger partial charge is 0.305 e. The summed E-state index contributed by atoms with van der Waals surface area (Å²) in [6.07, 6.45) is 6.05. The van der Waals surface area contributed by atoms with Gasteiger partial charge in [0.15, 0.2) is 0 Å². The lowest BCUT2D eigenvalue weighted by Gasteiger charge is -2.17. The molecule has 9 heteroatoms. The van der Waals surface area contributed by atoms with Crippen LogP contribution in [-0.4, -0.2) is 58.8 Å². The minimum absolute atomic E-state index is 0.0669. The van der Waals surface area contributed by atoms with Crippen molar-refractivity contribution in [1.82, 2.24) is 15.6 Å². The number of carbonyl (C=O) groups excluding carboxylic acids is 1. The van der Waals surface area contributed by atoms with Crippen LogP contribution < -0.4 is 15.4 Å². The van der Waals surface area contributed by atoms with Crippen molar-refractivity contribution in [2.75, 3.05) is 19.7 Å². The summed E-state index contributed by atoms with van der Waals surface area (Å²) < 4.78 is 5.25. The van der Waals surface area contributed by atoms with Gasteiger partial charge < -0.3 is 25.6 Å². The van der Waals surface area contributed by atoms with Gasteiger partial charge in [-0.05, 0) is 55.5 Å². The van der Waals surface area contributed by atoms with Crippen LogP contribution in [0.3, 0.4) is 0 Å². The average molecular weight is 536 g/mol. The second-order valence-corrected chi connectivity index (χ2v) is 8.83. The summed E-state index contributed by atoms with van der Waals surface area (Å²) in [4.78, 5) is 37.1. The molecule has 1 atom stereocenters. The maximum absolute atomic E-state index is 12.1. The zero-order valence-electron chi connectivity index (χ0n) is 22.0. The van der Waals surface area contributed by atoms with Crippen molar-refractivity contribution in [2.24, 2.45) is 0 Å². The maximum Gasteiger partial charge on any atom is 0.305 e. The van der Waals surface area contributed by atoms with E-state index in [2.05, 4.69) is 15.6 Å². The van der Waals surface area contributed by atoms with E-state index >= 15 is 0 Å². The molecule has 3 rings (SSSR count). The van der Waals surface area contributed by atoms with Gasteiger partial charge in [-0.15, -0.1) is 0 Å². The Morgan fingerprint density at radius 3 is 2.03 bits per heavy atom. The highest BCUT2D eigenvalue weighted by Gasteiger charge is 2.16. The summed E-state index contributed by atoms with van der Waals surface area (Å²) in [5, 5.41) is 23.4. The molecular weight excluding hydrogens is 498 g/mol. The summed E-state index contributed by atoms with van der Waals surface area (Å²) in [6, 6.07) is 23.0. The highest BCUT2D eigenvalue weighted by atomic mass is 16.5. The number of carboxylic acids is 2. The van der Waals surface area contributed by atoms with E-state index in [0.717, 1.165) is 24.2 Å². The predicted octanol–water partition coefficient (Wildman–Crippen LogP) is 3.74. The molecule has 0 saturated carbocycles. The molecule has 4 N–H and O–H groups in total. The summed E-state index contributed by atoms with van der Waals surface area (Å²) in [5.74, 6) is -1.14.